The molecule has 0 aliphatic heterocycles. The van der Waals surface area contributed by atoms with Crippen LogP contribution in [0.15, 0.2) is 0 Å². The molecule has 0 aromatic carbocycles. The van der Waals surface area contributed by atoms with E-state index in [-0.39, 0.29) is 668 Å². The van der Waals surface area contributed by atoms with Crippen LogP contribution in [0.5, 0.6) is 0 Å². The minimum Gasteiger partial charge on any atom is -0.810 e. The quantitative estimate of drug-likeness (QED) is 0.0573. The first-order chi connectivity index (χ1) is 21.1. The molecular formula is C15H30K13N5O21P7-. The van der Waals surface area contributed by atoms with Gasteiger partial charge in [-0.3, -0.25) is 24.5 Å². The van der Waals surface area contributed by atoms with Gasteiger partial charge in [0.2, 0.25) is 0 Å². The maximum Gasteiger partial charge on any atom is 1.00 e. The van der Waals surface area contributed by atoms with Crippen LogP contribution in [0, 0.1) is 0 Å². The molecule has 0 atom stereocenters. The Kier molecular flexibility index (Phi) is 117. The molecule has 0 heterocycles. The minimum atomic E-state index is -5.47. The van der Waals surface area contributed by atoms with E-state index in [0.29, 0.717) is 19.6 Å². The van der Waals surface area contributed by atoms with E-state index < -0.39 is 150 Å². The Morgan fingerprint density at radius 2 is 0.279 bits per heavy atom. The van der Waals surface area contributed by atoms with Crippen molar-refractivity contribution in [2.75, 3.05) is 96.4 Å². The Labute approximate surface area is 910 Å². The number of rotatable bonds is 26. The van der Waals surface area contributed by atoms with Gasteiger partial charge in [0.05, 0.1) is 0 Å². The van der Waals surface area contributed by atoms with Gasteiger partial charge in [-0.05, 0) is 0 Å². The molecule has 0 rings (SSSR count). The Morgan fingerprint density at radius 1 is 0.197 bits per heavy atom. The van der Waals surface area contributed by atoms with Crippen molar-refractivity contribution >= 4 is 53.2 Å². The van der Waals surface area contributed by atoms with E-state index in [1.165, 1.54) is 0 Å². The summed E-state index contributed by atoms with van der Waals surface area (Å²) < 4.78 is 78.8. The molecular weight excluding hydrogens is 1310 g/mol. The van der Waals surface area contributed by atoms with Gasteiger partial charge in [-0.25, -0.2) is 0 Å². The zero-order valence-corrected chi connectivity index (χ0v) is 84.4. The Hall–Kier alpha value is 22.1. The molecule has 0 unspecified atom stereocenters. The smallest absolute Gasteiger partial charge is 0.810 e. The topological polar surface area (TPSA) is 459 Å². The van der Waals surface area contributed by atoms with Crippen molar-refractivity contribution in [1.82, 2.24) is 24.5 Å². The second kappa shape index (κ2) is 61.0. The molecule has 0 amide bonds. The molecule has 0 radical (unpaired) electrons. The molecule has 26 nitrogen and oxygen atoms in total. The van der Waals surface area contributed by atoms with Crippen LogP contribution < -0.4 is 737 Å². The molecule has 0 aliphatic rings. The molecule has 0 aliphatic carbocycles. The summed E-state index contributed by atoms with van der Waals surface area (Å²) in [6.07, 6.45) is -10.1. The van der Waals surface area contributed by atoms with Crippen LogP contribution in [-0.4, -0.2) is 121 Å². The van der Waals surface area contributed by atoms with Crippen LogP contribution in [0.4, 0.5) is 0 Å². The summed E-state index contributed by atoms with van der Waals surface area (Å²) in [6.45, 7) is -5.71. The summed E-state index contributed by atoms with van der Waals surface area (Å²) in [6, 6.07) is 0. The van der Waals surface area contributed by atoms with Crippen LogP contribution in [0.2, 0.25) is 0 Å². The van der Waals surface area contributed by atoms with Crippen LogP contribution in [0.1, 0.15) is 0 Å². The van der Waals surface area contributed by atoms with Crippen molar-refractivity contribution in [1.29, 1.82) is 0 Å². The van der Waals surface area contributed by atoms with Gasteiger partial charge in [0.15, 0.2) is 0 Å². The van der Waals surface area contributed by atoms with Crippen molar-refractivity contribution in [3.8, 4) is 0 Å². The van der Waals surface area contributed by atoms with Gasteiger partial charge in [0, 0.05) is 96.4 Å². The minimum absolute atomic E-state index is 0. The number of hydrogen-bond acceptors (Lipinski definition) is 26. The fourth-order valence-corrected chi connectivity index (χ4v) is 9.54. The predicted octanol–water partition coefficient (Wildman–Crippen LogP) is -51.4. The molecule has 0 fully saturated rings. The number of hydrogen-bond donors (Lipinski definition) is 0. The molecule has 0 spiro atoms. The third-order valence-corrected chi connectivity index (χ3v) is 10.8. The predicted molar refractivity (Wildman–Crippen MR) is 135 cm³/mol. The first-order valence-electron chi connectivity index (χ1n) is 12.8. The van der Waals surface area contributed by atoms with E-state index in [9.17, 15) is 100 Å². The standard InChI is InChI=1S/C15H44N5O21P7.13K/c21-42(22,23)9-16(1-3-17(10-43(24,25)26)5-7-19(12-45(30,31)32)13-46(33,34)35)2-4-18(11-44(27,28)29)6-8-20(14-47(36,37)38)15-48(39,40)41;;;;;;;;;;;;;/h1-15H2,(H2,21,22,23)(H2,24,25,26)(H2,27,28,29)(H2,30,31,32)(H2,33,34,35)(H2,36,37,38)(H2,39,40,41);;;;;;;;;;;;;/q;13*+1/p-14. The van der Waals surface area contributed by atoms with Crippen molar-refractivity contribution < 1.29 is 768 Å². The number of nitrogens with zero attached hydrogens (tertiary/aromatic N) is 5. The van der Waals surface area contributed by atoms with E-state index in [0.717, 1.165) is 4.90 Å². The van der Waals surface area contributed by atoms with Crippen molar-refractivity contribution in [3.63, 3.8) is 0 Å². The van der Waals surface area contributed by atoms with E-state index in [4.69, 9.17) is 0 Å². The van der Waals surface area contributed by atoms with Crippen molar-refractivity contribution in [2.24, 2.45) is 0 Å². The first-order valence-corrected chi connectivity index (χ1v) is 24.9. The largest absolute Gasteiger partial charge is 1.00 e. The van der Waals surface area contributed by atoms with Gasteiger partial charge in [-0.15, -0.1) is 0 Å². The van der Waals surface area contributed by atoms with E-state index >= 15 is 0 Å². The average molecular weight is 1340 g/mol. The molecule has 0 bridgehead atoms. The molecule has 0 aromatic heterocycles. The first kappa shape index (κ1) is 117. The third-order valence-electron chi connectivity index (χ3n) is 5.54. The summed E-state index contributed by atoms with van der Waals surface area (Å²) in [7, 11) is -38.3. The second-order valence-electron chi connectivity index (χ2n) is 10.4. The monoisotopic (exact) mass is 1340 g/mol. The third kappa shape index (κ3) is 88.6. The van der Waals surface area contributed by atoms with Crippen LogP contribution >= 0.6 is 53.2 Å². The summed E-state index contributed by atoms with van der Waals surface area (Å²) in [4.78, 5) is 160. The van der Waals surface area contributed by atoms with E-state index in [2.05, 4.69) is 0 Å². The summed E-state index contributed by atoms with van der Waals surface area (Å²) in [5.74, 6) is 0. The zero-order valence-electron chi connectivity index (χ0n) is 37.5. The summed E-state index contributed by atoms with van der Waals surface area (Å²) in [5.41, 5.74) is 0. The fourth-order valence-electron chi connectivity index (χ4n) is 3.98. The second-order valence-corrected chi connectivity index (χ2v) is 20.9. The van der Waals surface area contributed by atoms with E-state index in [1.54, 1.807) is 0 Å². The van der Waals surface area contributed by atoms with Gasteiger partial charge < -0.3 is 100 Å². The zero-order chi connectivity index (χ0) is 38.0. The van der Waals surface area contributed by atoms with Crippen LogP contribution in [0.3, 0.4) is 0 Å². The normalized spacial score (nSPS) is 11.6. The molecule has 61 heavy (non-hydrogen) atoms. The molecule has 0 N–H and O–H groups in total. The Bertz CT molecular complexity index is 1240. The maximum absolute atomic E-state index is 11.5. The molecule has 46 heteroatoms. The van der Waals surface area contributed by atoms with E-state index in [1.807, 2.05) is 0 Å². The van der Waals surface area contributed by atoms with Crippen LogP contribution in [-0.2, 0) is 32.0 Å². The molecule has 290 valence electrons. The van der Waals surface area contributed by atoms with Gasteiger partial charge >= 0.3 is 668 Å². The van der Waals surface area contributed by atoms with Crippen molar-refractivity contribution in [3.05, 3.63) is 0 Å². The Balaban J connectivity index is -0.000000142. The summed E-state index contributed by atoms with van der Waals surface area (Å²) in [5, 5.41) is 0. The average Bonchev–Trinajstić information content (AvgIpc) is 2.75. The molecule has 0 aromatic rings. The molecule has 0 saturated heterocycles. The van der Waals surface area contributed by atoms with Gasteiger partial charge in [-0.1, -0.05) is 53.2 Å². The SMILES string of the molecule is O=P([O-])([O-])CN(CCN(CCN(CP(=O)([O-])[O-])CP(=O)([O-])[O-])CP(=O)([O-])[O-])CCN(CCN(CP(=O)([O-])[O-])CP(=O)([O-])[O-])CP(=O)([O-])[O-].[K+].[K+].[K+].[K+].[K+].[K+].[K+].[K+].[K+].[K+].[K+].[K+].[K+]. The van der Waals surface area contributed by atoms with Crippen LogP contribution in [0.25, 0.3) is 0 Å². The molecule has 0 saturated carbocycles. The Morgan fingerprint density at radius 3 is 0.377 bits per heavy atom. The van der Waals surface area contributed by atoms with Gasteiger partial charge in [0.25, 0.3) is 0 Å². The fraction of sp³-hybridized carbons (Fsp3) is 1.00. The van der Waals surface area contributed by atoms with Gasteiger partial charge in [0.1, 0.15) is 0 Å². The van der Waals surface area contributed by atoms with Gasteiger partial charge in [-0.2, -0.15) is 0 Å². The van der Waals surface area contributed by atoms with Crippen molar-refractivity contribution in [2.45, 2.75) is 0 Å². The summed E-state index contributed by atoms with van der Waals surface area (Å²) >= 11 is 0. The maximum atomic E-state index is 11.5.